The van der Waals surface area contributed by atoms with Crippen LogP contribution >= 0.6 is 0 Å². The summed E-state index contributed by atoms with van der Waals surface area (Å²) >= 11 is 0. The number of ether oxygens (including phenoxy) is 2. The third-order valence-corrected chi connectivity index (χ3v) is 4.30. The van der Waals surface area contributed by atoms with Crippen molar-refractivity contribution in [1.82, 2.24) is 0 Å². The molecule has 1 amide bonds. The number of nitrogens with zero attached hydrogens (tertiary/aromatic N) is 2. The third kappa shape index (κ3) is 5.89. The number of carbonyl (C=O) groups excluding carboxylic acids is 1. The molecule has 0 radical (unpaired) electrons. The Morgan fingerprint density at radius 1 is 1.30 bits per heavy atom. The molecule has 0 fully saturated rings. The van der Waals surface area contributed by atoms with E-state index in [-0.39, 0.29) is 13.2 Å². The van der Waals surface area contributed by atoms with Crippen molar-refractivity contribution in [1.29, 1.82) is 0 Å². The first-order valence-corrected chi connectivity index (χ1v) is 9.40. The molecule has 0 aliphatic heterocycles. The number of para-hydroxylation sites is 1. The number of methoxy groups -OCH3 is 1. The molecule has 2 aromatic carbocycles. The van der Waals surface area contributed by atoms with Gasteiger partial charge < -0.3 is 14.3 Å². The summed E-state index contributed by atoms with van der Waals surface area (Å²) < 4.78 is 10.9. The van der Waals surface area contributed by atoms with Crippen LogP contribution in [0.3, 0.4) is 0 Å². The molecule has 0 aliphatic carbocycles. The predicted octanol–water partition coefficient (Wildman–Crippen LogP) is 4.71. The summed E-state index contributed by atoms with van der Waals surface area (Å²) in [5, 5.41) is 4.06. The van der Waals surface area contributed by atoms with Crippen molar-refractivity contribution in [2.45, 2.75) is 20.5 Å². The summed E-state index contributed by atoms with van der Waals surface area (Å²) in [7, 11) is 1.32. The van der Waals surface area contributed by atoms with Gasteiger partial charge in [-0.15, -0.1) is 6.42 Å². The van der Waals surface area contributed by atoms with E-state index in [0.717, 1.165) is 28.2 Å². The van der Waals surface area contributed by atoms with Crippen LogP contribution < -0.4 is 9.64 Å². The van der Waals surface area contributed by atoms with E-state index in [1.54, 1.807) is 6.08 Å². The van der Waals surface area contributed by atoms with Crippen LogP contribution in [0.15, 0.2) is 60.3 Å². The van der Waals surface area contributed by atoms with Crippen LogP contribution in [0.2, 0.25) is 0 Å². The van der Waals surface area contributed by atoms with Gasteiger partial charge in [-0.1, -0.05) is 41.9 Å². The van der Waals surface area contributed by atoms with Gasteiger partial charge in [-0.05, 0) is 49.2 Å². The second-order valence-corrected chi connectivity index (χ2v) is 6.42. The fraction of sp³-hybridized carbons (Fsp3) is 0.250. The molecule has 2 aromatic rings. The molecule has 0 spiro atoms. The van der Waals surface area contributed by atoms with Crippen LogP contribution in [-0.4, -0.2) is 32.1 Å². The first kappa shape index (κ1) is 22.6. The molecule has 0 heterocycles. The van der Waals surface area contributed by atoms with Gasteiger partial charge in [0.15, 0.2) is 0 Å². The van der Waals surface area contributed by atoms with Crippen LogP contribution in [0.4, 0.5) is 10.5 Å². The first-order chi connectivity index (χ1) is 14.5. The summed E-state index contributed by atoms with van der Waals surface area (Å²) in [6.45, 7) is 8.16. The molecule has 0 atom stereocenters. The number of amides is 1. The Hall–Kier alpha value is -3.72. The van der Waals surface area contributed by atoms with Gasteiger partial charge in [-0.3, -0.25) is 4.90 Å². The van der Waals surface area contributed by atoms with Crippen molar-refractivity contribution in [3.8, 4) is 18.1 Å². The number of hydrogen-bond acceptors (Lipinski definition) is 5. The quantitative estimate of drug-likeness (QED) is 0.199. The van der Waals surface area contributed by atoms with Crippen LogP contribution in [-0.2, 0) is 16.2 Å². The highest BCUT2D eigenvalue weighted by Gasteiger charge is 2.18. The molecular formula is C24H26N2O4. The average Bonchev–Trinajstić information content (AvgIpc) is 2.76. The highest BCUT2D eigenvalue weighted by atomic mass is 16.6. The summed E-state index contributed by atoms with van der Waals surface area (Å²) in [6, 6.07) is 13.2. The molecule has 2 rings (SSSR count). The minimum atomic E-state index is -0.519. The predicted molar refractivity (Wildman–Crippen MR) is 119 cm³/mol. The SMILES string of the molecule is C#CCN(C(=O)OC)c1ccccc1COc1ccc(/C(C)=N/OCC=C)cc1C. The van der Waals surface area contributed by atoms with Gasteiger partial charge in [0.25, 0.3) is 0 Å². The normalized spacial score (nSPS) is 10.7. The fourth-order valence-electron chi connectivity index (χ4n) is 2.78. The Morgan fingerprint density at radius 2 is 2.07 bits per heavy atom. The molecular weight excluding hydrogens is 380 g/mol. The Morgan fingerprint density at radius 3 is 2.73 bits per heavy atom. The average molecular weight is 406 g/mol. The summed E-state index contributed by atoms with van der Waals surface area (Å²) in [4.78, 5) is 18.7. The van der Waals surface area contributed by atoms with Gasteiger partial charge in [0.05, 0.1) is 25.1 Å². The van der Waals surface area contributed by atoms with E-state index in [0.29, 0.717) is 12.3 Å². The lowest BCUT2D eigenvalue weighted by atomic mass is 10.1. The van der Waals surface area contributed by atoms with Crippen molar-refractivity contribution in [3.63, 3.8) is 0 Å². The number of aryl methyl sites for hydroxylation is 1. The number of terminal acetylenes is 1. The molecule has 0 aliphatic rings. The highest BCUT2D eigenvalue weighted by Crippen LogP contribution is 2.25. The summed E-state index contributed by atoms with van der Waals surface area (Å²) in [5.41, 5.74) is 4.13. The topological polar surface area (TPSA) is 60.4 Å². The number of anilines is 1. The summed E-state index contributed by atoms with van der Waals surface area (Å²) in [5.74, 6) is 3.22. The number of hydrogen-bond donors (Lipinski definition) is 0. The van der Waals surface area contributed by atoms with Crippen molar-refractivity contribution < 1.29 is 19.1 Å². The molecule has 0 bridgehead atoms. The lowest BCUT2D eigenvalue weighted by Gasteiger charge is -2.22. The minimum absolute atomic E-state index is 0.101. The van der Waals surface area contributed by atoms with Crippen molar-refractivity contribution in [2.75, 3.05) is 25.2 Å². The van der Waals surface area contributed by atoms with E-state index >= 15 is 0 Å². The van der Waals surface area contributed by atoms with Gasteiger partial charge in [0.1, 0.15) is 19.0 Å². The second-order valence-electron chi connectivity index (χ2n) is 6.42. The zero-order valence-electron chi connectivity index (χ0n) is 17.6. The van der Waals surface area contributed by atoms with Gasteiger partial charge in [0.2, 0.25) is 0 Å². The van der Waals surface area contributed by atoms with Gasteiger partial charge >= 0.3 is 6.09 Å². The highest BCUT2D eigenvalue weighted by molar-refractivity contribution is 5.98. The first-order valence-electron chi connectivity index (χ1n) is 9.40. The van der Waals surface area contributed by atoms with Crippen molar-refractivity contribution >= 4 is 17.5 Å². The molecule has 0 saturated heterocycles. The van der Waals surface area contributed by atoms with Gasteiger partial charge in [0, 0.05) is 5.56 Å². The molecule has 0 saturated carbocycles. The molecule has 30 heavy (non-hydrogen) atoms. The van der Waals surface area contributed by atoms with Crippen LogP contribution in [0.1, 0.15) is 23.6 Å². The van der Waals surface area contributed by atoms with Crippen LogP contribution in [0.5, 0.6) is 5.75 Å². The lowest BCUT2D eigenvalue weighted by Crippen LogP contribution is -2.32. The Kier molecular flexibility index (Phi) is 8.52. The minimum Gasteiger partial charge on any atom is -0.489 e. The van der Waals surface area contributed by atoms with Crippen LogP contribution in [0.25, 0.3) is 0 Å². The van der Waals surface area contributed by atoms with E-state index < -0.39 is 6.09 Å². The third-order valence-electron chi connectivity index (χ3n) is 4.30. The van der Waals surface area contributed by atoms with E-state index in [2.05, 4.69) is 17.7 Å². The standard InChI is InChI=1S/C24H26N2O4/c1-6-14-26(24(27)28-5)22-11-9-8-10-21(22)17-29-23-13-12-20(16-18(23)3)19(4)25-30-15-7-2/h1,7-13,16H,2,14-15,17H2,3-5H3/b25-19+. The smallest absolute Gasteiger partial charge is 0.414 e. The second kappa shape index (κ2) is 11.3. The van der Waals surface area contributed by atoms with E-state index in [4.69, 9.17) is 20.7 Å². The Bertz CT molecular complexity index is 960. The zero-order valence-corrected chi connectivity index (χ0v) is 17.6. The monoisotopic (exact) mass is 406 g/mol. The van der Waals surface area contributed by atoms with E-state index in [1.165, 1.54) is 12.0 Å². The van der Waals surface area contributed by atoms with E-state index in [1.807, 2.05) is 56.3 Å². The molecule has 0 unspecified atom stereocenters. The number of oxime groups is 1. The number of benzene rings is 2. The van der Waals surface area contributed by atoms with Gasteiger partial charge in [-0.2, -0.15) is 0 Å². The Labute approximate surface area is 177 Å². The molecule has 6 nitrogen and oxygen atoms in total. The summed E-state index contributed by atoms with van der Waals surface area (Å²) in [6.07, 6.45) is 6.54. The van der Waals surface area contributed by atoms with Crippen LogP contribution in [0, 0.1) is 19.3 Å². The van der Waals surface area contributed by atoms with Crippen molar-refractivity contribution in [3.05, 3.63) is 71.8 Å². The zero-order chi connectivity index (χ0) is 21.9. The maximum absolute atomic E-state index is 12.1. The Balaban J connectivity index is 2.18. The fourth-order valence-corrected chi connectivity index (χ4v) is 2.78. The molecule has 0 aromatic heterocycles. The number of rotatable bonds is 9. The van der Waals surface area contributed by atoms with Crippen molar-refractivity contribution in [2.24, 2.45) is 5.16 Å². The largest absolute Gasteiger partial charge is 0.489 e. The molecule has 156 valence electrons. The maximum Gasteiger partial charge on any atom is 0.414 e. The number of carbonyl (C=O) groups is 1. The lowest BCUT2D eigenvalue weighted by molar-refractivity contribution is 0.175. The van der Waals surface area contributed by atoms with E-state index in [9.17, 15) is 4.79 Å². The van der Waals surface area contributed by atoms with Gasteiger partial charge in [-0.25, -0.2) is 4.79 Å². The molecule has 6 heteroatoms. The molecule has 0 N–H and O–H groups in total. The maximum atomic E-state index is 12.1.